The molecule has 2 atom stereocenters. The van der Waals surface area contributed by atoms with Crippen LogP contribution in [0.1, 0.15) is 51.4 Å². The third-order valence-corrected chi connectivity index (χ3v) is 4.48. The molecule has 0 bridgehead atoms. The lowest BCUT2D eigenvalue weighted by Gasteiger charge is -2.16. The van der Waals surface area contributed by atoms with Gasteiger partial charge in [-0.15, -0.1) is 0 Å². The third-order valence-electron chi connectivity index (χ3n) is 4.48. The predicted octanol–water partition coefficient (Wildman–Crippen LogP) is 3.61. The number of fused-ring (bicyclic) bond motifs is 1. The molecular weight excluding hydrogens is 144 g/mol. The van der Waals surface area contributed by atoms with Crippen LogP contribution in [0, 0.1) is 23.7 Å². The molecule has 0 spiro atoms. The van der Waals surface area contributed by atoms with Crippen molar-refractivity contribution in [1.82, 2.24) is 0 Å². The van der Waals surface area contributed by atoms with Crippen molar-refractivity contribution < 1.29 is 0 Å². The normalized spacial score (nSPS) is 46.5. The molecule has 3 rings (SSSR count). The van der Waals surface area contributed by atoms with Gasteiger partial charge in [0.05, 0.1) is 0 Å². The minimum atomic E-state index is 1.15. The molecule has 0 heteroatoms. The Kier molecular flexibility index (Phi) is 1.70. The van der Waals surface area contributed by atoms with Gasteiger partial charge in [0.25, 0.3) is 0 Å². The van der Waals surface area contributed by atoms with Gasteiger partial charge in [-0.25, -0.2) is 0 Å². The molecule has 0 aromatic heterocycles. The largest absolute Gasteiger partial charge is 0.0530 e. The van der Waals surface area contributed by atoms with Crippen LogP contribution in [-0.2, 0) is 0 Å². The zero-order valence-corrected chi connectivity index (χ0v) is 7.97. The van der Waals surface area contributed by atoms with E-state index in [0.717, 1.165) is 11.8 Å². The summed E-state index contributed by atoms with van der Waals surface area (Å²) in [5.41, 5.74) is 0. The highest BCUT2D eigenvalue weighted by molar-refractivity contribution is 4.96. The van der Waals surface area contributed by atoms with Gasteiger partial charge in [0.2, 0.25) is 0 Å². The van der Waals surface area contributed by atoms with Gasteiger partial charge in [-0.05, 0) is 49.4 Å². The number of rotatable bonds is 2. The van der Waals surface area contributed by atoms with Crippen molar-refractivity contribution in [3.8, 4) is 0 Å². The summed E-state index contributed by atoms with van der Waals surface area (Å²) in [6.45, 7) is 0. The molecule has 12 heavy (non-hydrogen) atoms. The Morgan fingerprint density at radius 3 is 2.08 bits per heavy atom. The quantitative estimate of drug-likeness (QED) is 0.585. The van der Waals surface area contributed by atoms with Crippen molar-refractivity contribution >= 4 is 0 Å². The van der Waals surface area contributed by atoms with Crippen molar-refractivity contribution in [2.75, 3.05) is 0 Å². The molecule has 0 amide bonds. The van der Waals surface area contributed by atoms with E-state index in [4.69, 9.17) is 0 Å². The summed E-state index contributed by atoms with van der Waals surface area (Å²) >= 11 is 0. The van der Waals surface area contributed by atoms with E-state index >= 15 is 0 Å². The van der Waals surface area contributed by atoms with Crippen molar-refractivity contribution in [3.05, 3.63) is 0 Å². The van der Waals surface area contributed by atoms with Crippen molar-refractivity contribution in [2.45, 2.75) is 51.4 Å². The first-order chi connectivity index (χ1) is 5.92. The smallest absolute Gasteiger partial charge is 0.0380 e. The van der Waals surface area contributed by atoms with E-state index < -0.39 is 0 Å². The molecular formula is C12H20. The van der Waals surface area contributed by atoms with Gasteiger partial charge in [-0.2, -0.15) is 0 Å². The first-order valence-electron chi connectivity index (χ1n) is 5.92. The summed E-state index contributed by atoms with van der Waals surface area (Å²) < 4.78 is 0. The third kappa shape index (κ3) is 1.30. The van der Waals surface area contributed by atoms with Crippen LogP contribution in [0.3, 0.4) is 0 Å². The van der Waals surface area contributed by atoms with Crippen LogP contribution in [0.4, 0.5) is 0 Å². The molecule has 3 fully saturated rings. The van der Waals surface area contributed by atoms with Gasteiger partial charge in [0, 0.05) is 0 Å². The van der Waals surface area contributed by atoms with Crippen molar-refractivity contribution in [1.29, 1.82) is 0 Å². The molecule has 0 aromatic rings. The molecule has 0 radical (unpaired) electrons. The Hall–Kier alpha value is 0. The second-order valence-electron chi connectivity index (χ2n) is 5.48. The Bertz CT molecular complexity index is 157. The minimum Gasteiger partial charge on any atom is -0.0530 e. The van der Waals surface area contributed by atoms with Crippen LogP contribution in [0.25, 0.3) is 0 Å². The maximum atomic E-state index is 1.61. The molecule has 0 N–H and O–H groups in total. The Labute approximate surface area is 75.7 Å². The van der Waals surface area contributed by atoms with E-state index in [1.807, 2.05) is 0 Å². The second-order valence-corrected chi connectivity index (χ2v) is 5.48. The molecule has 0 heterocycles. The van der Waals surface area contributed by atoms with E-state index in [1.165, 1.54) is 24.7 Å². The first-order valence-corrected chi connectivity index (χ1v) is 5.92. The standard InChI is InChI=1S/C12H20/c1-2-4-9(3-1)5-10-6-11-8-12(11)7-10/h9-12H,1-8H2. The van der Waals surface area contributed by atoms with E-state index in [2.05, 4.69) is 0 Å². The molecule has 0 nitrogen and oxygen atoms in total. The predicted molar refractivity (Wildman–Crippen MR) is 50.9 cm³/mol. The summed E-state index contributed by atoms with van der Waals surface area (Å²) in [5, 5.41) is 0. The highest BCUT2D eigenvalue weighted by Crippen LogP contribution is 2.56. The van der Waals surface area contributed by atoms with E-state index in [0.29, 0.717) is 0 Å². The number of hydrogen-bond acceptors (Lipinski definition) is 0. The van der Waals surface area contributed by atoms with E-state index in [9.17, 15) is 0 Å². The topological polar surface area (TPSA) is 0 Å². The lowest BCUT2D eigenvalue weighted by atomic mass is 9.90. The highest BCUT2D eigenvalue weighted by atomic mass is 14.5. The van der Waals surface area contributed by atoms with Crippen LogP contribution in [-0.4, -0.2) is 0 Å². The van der Waals surface area contributed by atoms with Crippen molar-refractivity contribution in [2.24, 2.45) is 23.7 Å². The molecule has 2 unspecified atom stereocenters. The Morgan fingerprint density at radius 1 is 0.750 bits per heavy atom. The van der Waals surface area contributed by atoms with Gasteiger partial charge in [0.1, 0.15) is 0 Å². The molecule has 0 aromatic carbocycles. The minimum absolute atomic E-state index is 1.15. The summed E-state index contributed by atoms with van der Waals surface area (Å²) in [5.74, 6) is 4.72. The average Bonchev–Trinajstić information content (AvgIpc) is 2.55. The zero-order chi connectivity index (χ0) is 7.97. The molecule has 68 valence electrons. The molecule has 0 aliphatic heterocycles. The highest BCUT2D eigenvalue weighted by Gasteiger charge is 2.45. The lowest BCUT2D eigenvalue weighted by molar-refractivity contribution is 0.358. The maximum Gasteiger partial charge on any atom is -0.0380 e. The fraction of sp³-hybridized carbons (Fsp3) is 1.00. The summed E-state index contributed by atoms with van der Waals surface area (Å²) in [7, 11) is 0. The van der Waals surface area contributed by atoms with Crippen LogP contribution in [0.15, 0.2) is 0 Å². The van der Waals surface area contributed by atoms with Crippen LogP contribution < -0.4 is 0 Å². The summed E-state index contributed by atoms with van der Waals surface area (Å²) in [6.07, 6.45) is 12.6. The average molecular weight is 164 g/mol. The zero-order valence-electron chi connectivity index (χ0n) is 7.97. The molecule has 3 aliphatic rings. The van der Waals surface area contributed by atoms with Crippen molar-refractivity contribution in [3.63, 3.8) is 0 Å². The van der Waals surface area contributed by atoms with E-state index in [1.54, 1.807) is 38.5 Å². The second kappa shape index (κ2) is 2.75. The first kappa shape index (κ1) is 7.41. The fourth-order valence-electron chi connectivity index (χ4n) is 3.75. The van der Waals surface area contributed by atoms with Gasteiger partial charge < -0.3 is 0 Å². The lowest BCUT2D eigenvalue weighted by Crippen LogP contribution is -2.04. The molecule has 3 aliphatic carbocycles. The fourth-order valence-corrected chi connectivity index (χ4v) is 3.75. The maximum absolute atomic E-state index is 1.61. The monoisotopic (exact) mass is 164 g/mol. The Balaban J connectivity index is 1.48. The Morgan fingerprint density at radius 2 is 1.42 bits per heavy atom. The SMILES string of the molecule is C1CCC(CC2CC3CC3C2)C1. The van der Waals surface area contributed by atoms with Gasteiger partial charge >= 0.3 is 0 Å². The van der Waals surface area contributed by atoms with Crippen LogP contribution in [0.5, 0.6) is 0 Å². The van der Waals surface area contributed by atoms with Gasteiger partial charge in [-0.1, -0.05) is 25.7 Å². The van der Waals surface area contributed by atoms with E-state index in [-0.39, 0.29) is 0 Å². The van der Waals surface area contributed by atoms with Gasteiger partial charge in [-0.3, -0.25) is 0 Å². The summed E-state index contributed by atoms with van der Waals surface area (Å²) in [6, 6.07) is 0. The van der Waals surface area contributed by atoms with Crippen LogP contribution in [0.2, 0.25) is 0 Å². The van der Waals surface area contributed by atoms with Gasteiger partial charge in [0.15, 0.2) is 0 Å². The summed E-state index contributed by atoms with van der Waals surface area (Å²) in [4.78, 5) is 0. The van der Waals surface area contributed by atoms with Crippen LogP contribution >= 0.6 is 0 Å². The molecule has 3 saturated carbocycles. The molecule has 0 saturated heterocycles. The number of hydrogen-bond donors (Lipinski definition) is 0.